The van der Waals surface area contributed by atoms with E-state index in [1.165, 1.54) is 6.07 Å². The van der Waals surface area contributed by atoms with Crippen molar-refractivity contribution in [3.8, 4) is 11.1 Å². The summed E-state index contributed by atoms with van der Waals surface area (Å²) in [5.74, 6) is 0. The van der Waals surface area contributed by atoms with Gasteiger partial charge in [0.15, 0.2) is 0 Å². The molecule has 0 saturated carbocycles. The van der Waals surface area contributed by atoms with E-state index in [9.17, 15) is 21.6 Å². The Morgan fingerprint density at radius 2 is 1.67 bits per heavy atom. The van der Waals surface area contributed by atoms with Crippen LogP contribution < -0.4 is 4.72 Å². The summed E-state index contributed by atoms with van der Waals surface area (Å²) in [4.78, 5) is -0.130. The van der Waals surface area contributed by atoms with Gasteiger partial charge in [0.1, 0.15) is 6.73 Å². The van der Waals surface area contributed by atoms with E-state index >= 15 is 0 Å². The maximum absolute atomic E-state index is 13.1. The second-order valence-electron chi connectivity index (χ2n) is 8.29. The minimum atomic E-state index is -4.38. The molecule has 2 aromatic carbocycles. The zero-order valence-corrected chi connectivity index (χ0v) is 19.2. The molecule has 4 nitrogen and oxygen atoms in total. The van der Waals surface area contributed by atoms with Crippen LogP contribution in [0.1, 0.15) is 12.0 Å². The summed E-state index contributed by atoms with van der Waals surface area (Å²) in [7, 11) is -5.40. The number of rotatable bonds is 10. The van der Waals surface area contributed by atoms with Gasteiger partial charge in [0.25, 0.3) is 0 Å². The Balaban J connectivity index is 2.31. The summed E-state index contributed by atoms with van der Waals surface area (Å²) in [6, 6.07) is 14.2. The Hall–Kier alpha value is -1.68. The molecular formula is C21H28F3NO3SSi. The Labute approximate surface area is 177 Å². The second-order valence-corrected chi connectivity index (χ2v) is 15.6. The molecule has 0 radical (unpaired) electrons. The average Bonchev–Trinajstić information content (AvgIpc) is 2.65. The van der Waals surface area contributed by atoms with Gasteiger partial charge in [-0.3, -0.25) is 0 Å². The molecule has 2 aromatic rings. The zero-order chi connectivity index (χ0) is 22.4. The van der Waals surface area contributed by atoms with E-state index in [1.807, 2.05) is 0 Å². The molecular weight excluding hydrogens is 431 g/mol. The van der Waals surface area contributed by atoms with Crippen molar-refractivity contribution in [3.05, 3.63) is 54.1 Å². The maximum atomic E-state index is 13.1. The van der Waals surface area contributed by atoms with Crippen LogP contribution in [-0.2, 0) is 21.2 Å². The van der Waals surface area contributed by atoms with Crippen LogP contribution in [0.5, 0.6) is 0 Å². The average molecular weight is 460 g/mol. The molecule has 2 rings (SSSR count). The first-order chi connectivity index (χ1) is 13.9. The highest BCUT2D eigenvalue weighted by molar-refractivity contribution is 7.89. The van der Waals surface area contributed by atoms with E-state index in [4.69, 9.17) is 4.74 Å². The first-order valence-corrected chi connectivity index (χ1v) is 14.9. The number of ether oxygens (including phenoxy) is 1. The van der Waals surface area contributed by atoms with Crippen LogP contribution in [0.4, 0.5) is 13.2 Å². The van der Waals surface area contributed by atoms with Gasteiger partial charge in [-0.1, -0.05) is 68.2 Å². The van der Waals surface area contributed by atoms with E-state index in [0.717, 1.165) is 6.04 Å². The first kappa shape index (κ1) is 24.6. The predicted octanol–water partition coefficient (Wildman–Crippen LogP) is 5.44. The minimum Gasteiger partial charge on any atom is -0.366 e. The van der Waals surface area contributed by atoms with Gasteiger partial charge in [-0.05, 0) is 23.6 Å². The van der Waals surface area contributed by atoms with Gasteiger partial charge in [-0.2, -0.15) is 17.9 Å². The van der Waals surface area contributed by atoms with Gasteiger partial charge >= 0.3 is 6.18 Å². The zero-order valence-electron chi connectivity index (χ0n) is 17.4. The number of alkyl halides is 3. The number of nitrogens with one attached hydrogen (secondary N) is 1. The smallest absolute Gasteiger partial charge is 0.366 e. The second kappa shape index (κ2) is 10.1. The highest BCUT2D eigenvalue weighted by atomic mass is 32.2. The lowest BCUT2D eigenvalue weighted by Gasteiger charge is -2.18. The molecule has 0 fully saturated rings. The van der Waals surface area contributed by atoms with Crippen molar-refractivity contribution in [1.29, 1.82) is 0 Å². The standard InChI is InChI=1S/C21H28F3NO3SSi/c1-30(2,3)15-14-28-16-25-29(26,27)20-18(12-13-21(22,23)24)10-7-11-19(20)17-8-5-4-6-9-17/h4-11,25H,12-16H2,1-3H3. The molecule has 166 valence electrons. The molecule has 0 heterocycles. The molecule has 0 aliphatic carbocycles. The summed E-state index contributed by atoms with van der Waals surface area (Å²) >= 11 is 0. The Kier molecular flexibility index (Phi) is 8.26. The Bertz CT molecular complexity index is 927. The number of aryl methyl sites for hydroxylation is 1. The van der Waals surface area contributed by atoms with E-state index in [1.54, 1.807) is 42.5 Å². The molecule has 9 heteroatoms. The molecule has 0 unspecified atom stereocenters. The van der Waals surface area contributed by atoms with Gasteiger partial charge in [0.05, 0.1) is 4.90 Å². The number of sulfonamides is 1. The molecule has 30 heavy (non-hydrogen) atoms. The van der Waals surface area contributed by atoms with Gasteiger partial charge < -0.3 is 4.74 Å². The number of hydrogen-bond donors (Lipinski definition) is 1. The molecule has 1 N–H and O–H groups in total. The van der Waals surface area contributed by atoms with Gasteiger partial charge in [-0.15, -0.1) is 0 Å². The van der Waals surface area contributed by atoms with Crippen LogP contribution in [-0.4, -0.2) is 36.0 Å². The van der Waals surface area contributed by atoms with Crippen molar-refractivity contribution < 1.29 is 26.3 Å². The maximum Gasteiger partial charge on any atom is 0.389 e. The van der Waals surface area contributed by atoms with Crippen LogP contribution in [0.15, 0.2) is 53.4 Å². The first-order valence-electron chi connectivity index (χ1n) is 9.70. The fraction of sp³-hybridized carbons (Fsp3) is 0.429. The summed E-state index contributed by atoms with van der Waals surface area (Å²) in [6.07, 6.45) is -5.89. The van der Waals surface area contributed by atoms with Crippen LogP contribution in [0, 0.1) is 0 Å². The number of benzene rings is 2. The fourth-order valence-electron chi connectivity index (χ4n) is 2.86. The molecule has 0 saturated heterocycles. The molecule has 0 aromatic heterocycles. The molecule has 0 aliphatic heterocycles. The lowest BCUT2D eigenvalue weighted by Crippen LogP contribution is -2.29. The third-order valence-corrected chi connectivity index (χ3v) is 7.70. The van der Waals surface area contributed by atoms with Crippen LogP contribution in [0.3, 0.4) is 0 Å². The molecule has 0 aliphatic rings. The van der Waals surface area contributed by atoms with E-state index in [0.29, 0.717) is 17.7 Å². The third kappa shape index (κ3) is 7.86. The van der Waals surface area contributed by atoms with E-state index in [2.05, 4.69) is 24.4 Å². The van der Waals surface area contributed by atoms with Crippen molar-refractivity contribution in [2.75, 3.05) is 13.3 Å². The van der Waals surface area contributed by atoms with Crippen molar-refractivity contribution in [2.45, 2.75) is 49.6 Å². The third-order valence-electron chi connectivity index (χ3n) is 4.48. The van der Waals surface area contributed by atoms with Crippen molar-refractivity contribution >= 4 is 18.1 Å². The molecule has 0 bridgehead atoms. The van der Waals surface area contributed by atoms with Crippen molar-refractivity contribution in [1.82, 2.24) is 4.72 Å². The Morgan fingerprint density at radius 1 is 1.00 bits per heavy atom. The van der Waals surface area contributed by atoms with Crippen LogP contribution in [0.2, 0.25) is 25.7 Å². The largest absolute Gasteiger partial charge is 0.389 e. The number of halogens is 3. The lowest BCUT2D eigenvalue weighted by atomic mass is 10.0. The summed E-state index contributed by atoms with van der Waals surface area (Å²) in [6.45, 7) is 6.75. The summed E-state index contributed by atoms with van der Waals surface area (Å²) in [5, 5.41) is 0. The molecule has 0 amide bonds. The molecule has 0 atom stereocenters. The van der Waals surface area contributed by atoms with Crippen molar-refractivity contribution in [3.63, 3.8) is 0 Å². The summed E-state index contributed by atoms with van der Waals surface area (Å²) < 4.78 is 72.3. The highest BCUT2D eigenvalue weighted by Gasteiger charge is 2.29. The number of hydrogen-bond acceptors (Lipinski definition) is 3. The fourth-order valence-corrected chi connectivity index (χ4v) is 4.99. The molecule has 0 spiro atoms. The van der Waals surface area contributed by atoms with Crippen LogP contribution >= 0.6 is 0 Å². The Morgan fingerprint density at radius 3 is 2.27 bits per heavy atom. The van der Waals surface area contributed by atoms with Gasteiger partial charge in [0.2, 0.25) is 10.0 Å². The van der Waals surface area contributed by atoms with Crippen LogP contribution in [0.25, 0.3) is 11.1 Å². The van der Waals surface area contributed by atoms with E-state index < -0.39 is 37.1 Å². The highest BCUT2D eigenvalue weighted by Crippen LogP contribution is 2.32. The topological polar surface area (TPSA) is 55.4 Å². The minimum absolute atomic E-state index is 0.128. The predicted molar refractivity (Wildman–Crippen MR) is 116 cm³/mol. The quantitative estimate of drug-likeness (QED) is 0.292. The normalized spacial score (nSPS) is 12.9. The van der Waals surface area contributed by atoms with Crippen molar-refractivity contribution in [2.24, 2.45) is 0 Å². The van der Waals surface area contributed by atoms with Gasteiger partial charge in [0, 0.05) is 26.7 Å². The monoisotopic (exact) mass is 459 g/mol. The van der Waals surface area contributed by atoms with E-state index in [-0.39, 0.29) is 17.2 Å². The SMILES string of the molecule is C[Si](C)(C)CCOCNS(=O)(=O)c1c(CCC(F)(F)F)cccc1-c1ccccc1. The van der Waals surface area contributed by atoms with Gasteiger partial charge in [-0.25, -0.2) is 8.42 Å². The lowest BCUT2D eigenvalue weighted by molar-refractivity contribution is -0.134. The summed E-state index contributed by atoms with van der Waals surface area (Å²) in [5.41, 5.74) is 1.11.